The maximum absolute atomic E-state index is 13.6. The first-order valence-corrected chi connectivity index (χ1v) is 13.4. The van der Waals surface area contributed by atoms with Crippen LogP contribution in [0.1, 0.15) is 61.7 Å². The summed E-state index contributed by atoms with van der Waals surface area (Å²) < 4.78 is 19.6. The van der Waals surface area contributed by atoms with E-state index in [1.54, 1.807) is 6.92 Å². The third-order valence-corrected chi connectivity index (χ3v) is 7.12. The number of ether oxygens (including phenoxy) is 3. The largest absolute Gasteiger partial charge is 0.491 e. The lowest BCUT2D eigenvalue weighted by Gasteiger charge is -2.17. The smallest absolute Gasteiger partial charge is 0.331 e. The van der Waals surface area contributed by atoms with Gasteiger partial charge in [-0.15, -0.1) is 0 Å². The van der Waals surface area contributed by atoms with E-state index in [1.807, 2.05) is 75.4 Å². The zero-order chi connectivity index (χ0) is 28.6. The molecular formula is C32H34N2O6. The molecule has 1 aromatic heterocycles. The molecule has 3 aromatic carbocycles. The van der Waals surface area contributed by atoms with Crippen LogP contribution in [-0.2, 0) is 25.7 Å². The Kier molecular flexibility index (Phi) is 7.49. The molecule has 1 fully saturated rings. The predicted molar refractivity (Wildman–Crippen MR) is 154 cm³/mol. The highest BCUT2D eigenvalue weighted by molar-refractivity contribution is 6.16. The van der Waals surface area contributed by atoms with E-state index in [1.165, 1.54) is 6.92 Å². The maximum Gasteiger partial charge on any atom is 0.331 e. The molecule has 1 saturated heterocycles. The van der Waals surface area contributed by atoms with Crippen LogP contribution in [0.3, 0.4) is 0 Å². The second-order valence-electron chi connectivity index (χ2n) is 10.5. The Bertz CT molecular complexity index is 1650. The van der Waals surface area contributed by atoms with Crippen molar-refractivity contribution in [2.45, 2.75) is 60.0 Å². The molecule has 0 saturated carbocycles. The van der Waals surface area contributed by atoms with Crippen LogP contribution in [0.25, 0.3) is 21.8 Å². The van der Waals surface area contributed by atoms with Crippen molar-refractivity contribution in [3.8, 4) is 5.75 Å². The number of nitrogens with zero attached hydrogens (tertiary/aromatic N) is 2. The minimum absolute atomic E-state index is 0.0543. The fourth-order valence-corrected chi connectivity index (χ4v) is 5.17. The molecule has 8 nitrogen and oxygen atoms in total. The normalized spacial score (nSPS) is 16.9. The number of aromatic nitrogens is 1. The van der Waals surface area contributed by atoms with Gasteiger partial charge >= 0.3 is 5.97 Å². The van der Waals surface area contributed by atoms with E-state index in [-0.39, 0.29) is 11.9 Å². The Hall–Kier alpha value is -4.01. The van der Waals surface area contributed by atoms with Crippen LogP contribution >= 0.6 is 0 Å². The molecule has 2 heterocycles. The van der Waals surface area contributed by atoms with Gasteiger partial charge in [0.1, 0.15) is 18.5 Å². The average Bonchev–Trinajstić information content (AvgIpc) is 3.45. The maximum atomic E-state index is 13.6. The third-order valence-electron chi connectivity index (χ3n) is 7.12. The van der Waals surface area contributed by atoms with E-state index in [2.05, 4.69) is 16.6 Å². The average molecular weight is 543 g/mol. The first-order valence-electron chi connectivity index (χ1n) is 13.4. The van der Waals surface area contributed by atoms with Gasteiger partial charge in [0.05, 0.1) is 12.3 Å². The highest BCUT2D eigenvalue weighted by Gasteiger charge is 2.33. The number of oxime groups is 1. The Morgan fingerprint density at radius 1 is 1.00 bits per heavy atom. The fourth-order valence-electron chi connectivity index (χ4n) is 5.17. The fraction of sp³-hybridized carbons (Fsp3) is 0.344. The molecule has 1 unspecified atom stereocenters. The summed E-state index contributed by atoms with van der Waals surface area (Å²) in [5, 5.41) is 5.91. The number of hydrogen-bond acceptors (Lipinski definition) is 7. The quantitative estimate of drug-likeness (QED) is 0.115. The van der Waals surface area contributed by atoms with Crippen molar-refractivity contribution in [3.63, 3.8) is 0 Å². The summed E-state index contributed by atoms with van der Waals surface area (Å²) in [5.74, 6) is -0.436. The summed E-state index contributed by atoms with van der Waals surface area (Å²) in [6.45, 7) is 12.5. The van der Waals surface area contributed by atoms with E-state index < -0.39 is 11.8 Å². The second-order valence-corrected chi connectivity index (χ2v) is 10.5. The minimum Gasteiger partial charge on any atom is -0.491 e. The number of hydrogen-bond donors (Lipinski definition) is 0. The van der Waals surface area contributed by atoms with E-state index >= 15 is 0 Å². The molecule has 1 aliphatic heterocycles. The SMILES string of the molecule is CCn1c2ccc(C(=O)c3ccc(OCC4COC(C)(C)O4)cc3C)cc2c2cc(/C(C)=N/OC(C)=O)ccc21. The van der Waals surface area contributed by atoms with E-state index in [0.717, 1.165) is 39.5 Å². The van der Waals surface area contributed by atoms with Gasteiger partial charge in [0.2, 0.25) is 0 Å². The molecular weight excluding hydrogens is 508 g/mol. The number of carbonyl (C=O) groups is 2. The Labute approximate surface area is 233 Å². The van der Waals surface area contributed by atoms with Crippen molar-refractivity contribution in [1.29, 1.82) is 0 Å². The van der Waals surface area contributed by atoms with E-state index in [0.29, 0.717) is 35.8 Å². The number of rotatable bonds is 8. The molecule has 208 valence electrons. The van der Waals surface area contributed by atoms with Crippen LogP contribution in [0, 0.1) is 6.92 Å². The van der Waals surface area contributed by atoms with Crippen LogP contribution < -0.4 is 4.74 Å². The van der Waals surface area contributed by atoms with Crippen molar-refractivity contribution in [3.05, 3.63) is 76.9 Å². The van der Waals surface area contributed by atoms with Gasteiger partial charge in [0, 0.05) is 46.4 Å². The van der Waals surface area contributed by atoms with Gasteiger partial charge in [0.25, 0.3) is 0 Å². The number of fused-ring (bicyclic) bond motifs is 3. The molecule has 0 bridgehead atoms. The Balaban J connectivity index is 1.44. The van der Waals surface area contributed by atoms with Crippen molar-refractivity contribution in [2.75, 3.05) is 13.2 Å². The van der Waals surface area contributed by atoms with E-state index in [9.17, 15) is 9.59 Å². The Morgan fingerprint density at radius 3 is 2.27 bits per heavy atom. The zero-order valence-corrected chi connectivity index (χ0v) is 23.7. The lowest BCUT2D eigenvalue weighted by molar-refractivity contribution is -0.141. The van der Waals surface area contributed by atoms with Crippen molar-refractivity contribution in [2.24, 2.45) is 5.16 Å². The number of carbonyl (C=O) groups excluding carboxylic acids is 2. The van der Waals surface area contributed by atoms with Crippen LogP contribution in [0.5, 0.6) is 5.75 Å². The molecule has 0 N–H and O–H groups in total. The summed E-state index contributed by atoms with van der Waals surface area (Å²) in [4.78, 5) is 29.7. The third kappa shape index (κ3) is 5.50. The molecule has 4 aromatic rings. The molecule has 0 amide bonds. The molecule has 5 rings (SSSR count). The van der Waals surface area contributed by atoms with Gasteiger partial charge in [-0.05, 0) is 94.3 Å². The zero-order valence-electron chi connectivity index (χ0n) is 23.7. The van der Waals surface area contributed by atoms with Gasteiger partial charge in [-0.2, -0.15) is 0 Å². The van der Waals surface area contributed by atoms with Gasteiger partial charge < -0.3 is 23.6 Å². The van der Waals surface area contributed by atoms with Crippen LogP contribution in [0.15, 0.2) is 59.8 Å². The lowest BCUT2D eigenvalue weighted by atomic mass is 9.97. The summed E-state index contributed by atoms with van der Waals surface area (Å²) in [6.07, 6.45) is -0.133. The van der Waals surface area contributed by atoms with Crippen molar-refractivity contribution < 1.29 is 28.6 Å². The lowest BCUT2D eigenvalue weighted by Crippen LogP contribution is -2.25. The minimum atomic E-state index is -0.595. The molecule has 1 atom stereocenters. The standard InChI is InChI=1S/C32H34N2O6/c1-7-34-29-12-8-22(20(3)33-40-21(4)35)15-27(29)28-16-23(9-13-30(28)34)31(36)26-11-10-24(14-19(26)2)37-17-25-18-38-32(5,6)39-25/h8-16,25H,7,17-18H2,1-6H3/b33-20+. The first-order chi connectivity index (χ1) is 19.1. The molecule has 1 aliphatic rings. The number of aryl methyl sites for hydroxylation is 2. The highest BCUT2D eigenvalue weighted by atomic mass is 16.7. The highest BCUT2D eigenvalue weighted by Crippen LogP contribution is 2.32. The summed E-state index contributed by atoms with van der Waals surface area (Å²) >= 11 is 0. The summed E-state index contributed by atoms with van der Waals surface area (Å²) in [6, 6.07) is 17.4. The molecule has 0 radical (unpaired) electrons. The van der Waals surface area contributed by atoms with Gasteiger partial charge in [-0.1, -0.05) is 11.2 Å². The van der Waals surface area contributed by atoms with Gasteiger partial charge in [-0.3, -0.25) is 4.79 Å². The van der Waals surface area contributed by atoms with Crippen LogP contribution in [0.4, 0.5) is 0 Å². The van der Waals surface area contributed by atoms with Crippen LogP contribution in [-0.4, -0.2) is 47.1 Å². The molecule has 8 heteroatoms. The first kappa shape index (κ1) is 27.6. The van der Waals surface area contributed by atoms with Gasteiger partial charge in [-0.25, -0.2) is 4.79 Å². The second kappa shape index (κ2) is 10.9. The summed E-state index contributed by atoms with van der Waals surface area (Å²) in [5.41, 5.74) is 5.60. The molecule has 0 spiro atoms. The Morgan fingerprint density at radius 2 is 1.68 bits per heavy atom. The summed E-state index contributed by atoms with van der Waals surface area (Å²) in [7, 11) is 0. The molecule has 0 aliphatic carbocycles. The molecule has 40 heavy (non-hydrogen) atoms. The van der Waals surface area contributed by atoms with Gasteiger partial charge in [0.15, 0.2) is 11.6 Å². The number of ketones is 1. The van der Waals surface area contributed by atoms with E-state index in [4.69, 9.17) is 19.0 Å². The van der Waals surface area contributed by atoms with Crippen molar-refractivity contribution >= 4 is 39.3 Å². The van der Waals surface area contributed by atoms with Crippen LogP contribution in [0.2, 0.25) is 0 Å². The monoisotopic (exact) mass is 542 g/mol. The number of benzene rings is 3. The topological polar surface area (TPSA) is 88.3 Å². The predicted octanol–water partition coefficient (Wildman–Crippen LogP) is 6.17. The van der Waals surface area contributed by atoms with Crippen molar-refractivity contribution in [1.82, 2.24) is 4.57 Å².